The quantitative estimate of drug-likeness (QED) is 0.154. The zero-order chi connectivity index (χ0) is 55.3. The van der Waals surface area contributed by atoms with Crippen LogP contribution in [0.5, 0.6) is 0 Å². The summed E-state index contributed by atoms with van der Waals surface area (Å²) in [6.45, 7) is 47.1. The molecule has 0 aromatic heterocycles. The molecule has 0 aliphatic heterocycles. The van der Waals surface area contributed by atoms with E-state index in [2.05, 4.69) is 307 Å². The van der Waals surface area contributed by atoms with Crippen molar-refractivity contribution in [2.75, 3.05) is 4.90 Å². The second kappa shape index (κ2) is 18.9. The normalized spacial score (nSPS) is 13.9. The summed E-state index contributed by atoms with van der Waals surface area (Å²) >= 11 is 0. The fourth-order valence-electron chi connectivity index (χ4n) is 11.2. The summed E-state index contributed by atoms with van der Waals surface area (Å²) in [4.78, 5) is 2.58. The van der Waals surface area contributed by atoms with Crippen molar-refractivity contribution in [3.8, 4) is 55.6 Å². The van der Waals surface area contributed by atoms with Crippen molar-refractivity contribution in [3.05, 3.63) is 208 Å². The van der Waals surface area contributed by atoms with Gasteiger partial charge in [0.25, 0.3) is 0 Å². The van der Waals surface area contributed by atoms with Gasteiger partial charge >= 0.3 is 0 Å². The summed E-state index contributed by atoms with van der Waals surface area (Å²) in [6, 6.07) is 64.0. The van der Waals surface area contributed by atoms with Gasteiger partial charge in [-0.3, -0.25) is 0 Å². The van der Waals surface area contributed by atoms with Crippen LogP contribution in [0.4, 0.5) is 17.1 Å². The minimum atomic E-state index is -0.173. The zero-order valence-corrected chi connectivity index (χ0v) is 50.0. The Balaban J connectivity index is 1.38. The molecule has 0 amide bonds. The second-order valence-corrected chi connectivity index (χ2v) is 29.0. The average Bonchev–Trinajstić information content (AvgIpc) is 3.64. The summed E-state index contributed by atoms with van der Waals surface area (Å²) in [5.74, 6) is 0. The van der Waals surface area contributed by atoms with E-state index in [0.717, 1.165) is 11.4 Å². The summed E-state index contributed by atoms with van der Waals surface area (Å²) in [5.41, 5.74) is 26.1. The number of anilines is 3. The Labute approximate surface area is 459 Å². The zero-order valence-electron chi connectivity index (χ0n) is 50.0. The van der Waals surface area contributed by atoms with Crippen molar-refractivity contribution in [2.45, 2.75) is 176 Å². The summed E-state index contributed by atoms with van der Waals surface area (Å²) in [7, 11) is 0. The van der Waals surface area contributed by atoms with E-state index in [9.17, 15) is 0 Å². The van der Waals surface area contributed by atoms with Crippen LogP contribution in [0.15, 0.2) is 164 Å². The molecule has 0 heterocycles. The molecule has 0 radical (unpaired) electrons. The summed E-state index contributed by atoms with van der Waals surface area (Å²) in [5, 5.41) is 0. The molecule has 76 heavy (non-hydrogen) atoms. The molecule has 1 heteroatoms. The molecule has 0 saturated heterocycles. The number of benzene rings is 8. The van der Waals surface area contributed by atoms with Gasteiger partial charge < -0.3 is 4.90 Å². The molecule has 8 aromatic rings. The molecule has 1 aliphatic rings. The van der Waals surface area contributed by atoms with Crippen LogP contribution in [-0.2, 0) is 37.9 Å². The number of rotatable bonds is 7. The van der Waals surface area contributed by atoms with E-state index in [1.165, 1.54) is 106 Å². The molecule has 0 bridgehead atoms. The highest BCUT2D eigenvalue weighted by Gasteiger charge is 2.37. The Morgan fingerprint density at radius 2 is 0.697 bits per heavy atom. The largest absolute Gasteiger partial charge is 0.310 e. The van der Waals surface area contributed by atoms with Crippen LogP contribution in [0, 0.1) is 0 Å². The number of hydrogen-bond acceptors (Lipinski definition) is 1. The first-order chi connectivity index (χ1) is 35.2. The lowest BCUT2D eigenvalue weighted by Crippen LogP contribution is -2.19. The van der Waals surface area contributed by atoms with E-state index in [1.54, 1.807) is 0 Å². The van der Waals surface area contributed by atoms with Gasteiger partial charge in [0.1, 0.15) is 0 Å². The van der Waals surface area contributed by atoms with Crippen molar-refractivity contribution < 1.29 is 0 Å². The smallest absolute Gasteiger partial charge is 0.0549 e. The molecule has 392 valence electrons. The van der Waals surface area contributed by atoms with E-state index in [1.807, 2.05) is 0 Å². The molecular weight excluding hydrogens is 915 g/mol. The maximum absolute atomic E-state index is 2.58. The van der Waals surface area contributed by atoms with E-state index < -0.39 is 0 Å². The van der Waals surface area contributed by atoms with Gasteiger partial charge in [0, 0.05) is 22.4 Å². The van der Waals surface area contributed by atoms with Crippen LogP contribution >= 0.6 is 0 Å². The van der Waals surface area contributed by atoms with Gasteiger partial charge in [-0.25, -0.2) is 0 Å². The number of hydrogen-bond donors (Lipinski definition) is 0. The Morgan fingerprint density at radius 1 is 0.276 bits per heavy atom. The molecule has 0 spiro atoms. The van der Waals surface area contributed by atoms with Crippen molar-refractivity contribution in [1.82, 2.24) is 0 Å². The van der Waals surface area contributed by atoms with Gasteiger partial charge in [-0.2, -0.15) is 0 Å². The van der Waals surface area contributed by atoms with Gasteiger partial charge in [0.15, 0.2) is 0 Å². The third-order valence-electron chi connectivity index (χ3n) is 16.3. The summed E-state index contributed by atoms with van der Waals surface area (Å²) < 4.78 is 0. The van der Waals surface area contributed by atoms with Crippen LogP contribution in [-0.4, -0.2) is 0 Å². The highest BCUT2D eigenvalue weighted by Crippen LogP contribution is 2.54. The third-order valence-corrected chi connectivity index (χ3v) is 16.3. The molecular formula is C75H87N. The molecule has 9 rings (SSSR count). The van der Waals surface area contributed by atoms with Gasteiger partial charge in [-0.1, -0.05) is 254 Å². The topological polar surface area (TPSA) is 3.24 Å². The molecule has 0 unspecified atom stereocenters. The number of nitrogens with zero attached hydrogens (tertiary/aromatic N) is 1. The highest BCUT2D eigenvalue weighted by atomic mass is 15.1. The first-order valence-corrected chi connectivity index (χ1v) is 28.1. The van der Waals surface area contributed by atoms with Crippen molar-refractivity contribution in [1.29, 1.82) is 0 Å². The SMILES string of the molecule is CC(C)(C)c1cc(-c2cc(-c3cc(C(C)(C)C)cc(N(c4cccc(C(C)(C)C)c4)c4ccc5c(c4)C(C)(C)c4ccccc4-5)c3-c3ccccc3)cc(C(C)(C)C)c2)cc(-c2cc(C(C)(C)C)cc(C(C)(C)C)c2)c1. The molecule has 1 nitrogen and oxygen atoms in total. The lowest BCUT2D eigenvalue weighted by Gasteiger charge is -2.34. The van der Waals surface area contributed by atoms with Crippen LogP contribution in [0.2, 0.25) is 0 Å². The Hall–Kier alpha value is -6.44. The Bertz CT molecular complexity index is 3450. The molecule has 1 aliphatic carbocycles. The van der Waals surface area contributed by atoms with Crippen LogP contribution < -0.4 is 4.90 Å². The fourth-order valence-corrected chi connectivity index (χ4v) is 11.2. The van der Waals surface area contributed by atoms with Crippen LogP contribution in [0.25, 0.3) is 55.6 Å². The second-order valence-electron chi connectivity index (χ2n) is 29.0. The van der Waals surface area contributed by atoms with E-state index in [4.69, 9.17) is 0 Å². The predicted octanol–water partition coefficient (Wildman–Crippen LogP) is 21.9. The monoisotopic (exact) mass is 1000 g/mol. The molecule has 0 N–H and O–H groups in total. The minimum Gasteiger partial charge on any atom is -0.310 e. The lowest BCUT2D eigenvalue weighted by molar-refractivity contribution is 0.569. The van der Waals surface area contributed by atoms with Gasteiger partial charge in [-0.15, -0.1) is 0 Å². The van der Waals surface area contributed by atoms with E-state index in [0.29, 0.717) is 0 Å². The van der Waals surface area contributed by atoms with Gasteiger partial charge in [0.2, 0.25) is 0 Å². The number of fused-ring (bicyclic) bond motifs is 3. The summed E-state index contributed by atoms with van der Waals surface area (Å²) in [6.07, 6.45) is 0. The van der Waals surface area contributed by atoms with E-state index >= 15 is 0 Å². The predicted molar refractivity (Wildman–Crippen MR) is 333 cm³/mol. The molecule has 0 atom stereocenters. The van der Waals surface area contributed by atoms with Gasteiger partial charge in [0.05, 0.1) is 5.69 Å². The lowest BCUT2D eigenvalue weighted by atomic mass is 9.77. The fraction of sp³-hybridized carbons (Fsp3) is 0.360. The maximum Gasteiger partial charge on any atom is 0.0549 e. The first kappa shape index (κ1) is 54.4. The van der Waals surface area contributed by atoms with E-state index in [-0.39, 0.29) is 37.9 Å². The molecule has 0 saturated carbocycles. The molecule has 0 fully saturated rings. The average molecular weight is 1000 g/mol. The maximum atomic E-state index is 2.58. The van der Waals surface area contributed by atoms with Crippen LogP contribution in [0.3, 0.4) is 0 Å². The van der Waals surface area contributed by atoms with Crippen LogP contribution in [0.1, 0.15) is 183 Å². The third kappa shape index (κ3) is 10.7. The van der Waals surface area contributed by atoms with Crippen molar-refractivity contribution in [3.63, 3.8) is 0 Å². The van der Waals surface area contributed by atoms with Crippen molar-refractivity contribution >= 4 is 17.1 Å². The minimum absolute atomic E-state index is 0.00127. The first-order valence-electron chi connectivity index (χ1n) is 28.1. The molecule has 8 aromatic carbocycles. The van der Waals surface area contributed by atoms with Gasteiger partial charge in [-0.05, 0) is 176 Å². The van der Waals surface area contributed by atoms with Crippen molar-refractivity contribution in [2.24, 2.45) is 0 Å². The standard InChI is InChI=1S/C75H87N/c1-69(2,3)54-29-26-30-60(44-54)76(61-33-34-63-62-31-24-25-32-65(62)75(19,20)66(63)47-61)67-46-59(74(16,17)18)45-64(68(67)48-27-22-21-23-28-48)53-36-51(39-56(42-53)71(7,8)9)49-35-50(38-55(37-49)70(4,5)6)52-40-57(72(10,11)12)43-58(41-52)73(13,14)15/h21-47H,1-20H3. The highest BCUT2D eigenvalue weighted by molar-refractivity contribution is 5.99. The Kier molecular flexibility index (Phi) is 13.5. The Morgan fingerprint density at radius 3 is 1.22 bits per heavy atom.